The average Bonchev–Trinajstić information content (AvgIpc) is 2.84. The zero-order valence-corrected chi connectivity index (χ0v) is 21.3. The number of hydrogen-bond acceptors (Lipinski definition) is 9. The Balaban J connectivity index is 0.00000361. The number of anilines is 2. The first-order valence-corrected chi connectivity index (χ1v) is 11.4. The second-order valence-electron chi connectivity index (χ2n) is 8.64. The summed E-state index contributed by atoms with van der Waals surface area (Å²) in [6.07, 6.45) is 4.28. The van der Waals surface area contributed by atoms with E-state index in [1.807, 2.05) is 24.0 Å². The van der Waals surface area contributed by atoms with Crippen molar-refractivity contribution in [2.45, 2.75) is 31.8 Å². The number of halogens is 2. The summed E-state index contributed by atoms with van der Waals surface area (Å²) in [6, 6.07) is 4.97. The van der Waals surface area contributed by atoms with Crippen LogP contribution in [0.2, 0.25) is 0 Å². The smallest absolute Gasteiger partial charge is 0.228 e. The number of nitrogen functional groups attached to an aromatic ring is 1. The van der Waals surface area contributed by atoms with Crippen LogP contribution in [0, 0.1) is 5.82 Å². The molecule has 2 unspecified atom stereocenters. The Morgan fingerprint density at radius 3 is 2.58 bits per heavy atom. The number of pyridine rings is 1. The third-order valence-electron chi connectivity index (χ3n) is 6.21. The first-order chi connectivity index (χ1) is 16.8. The third kappa shape index (κ3) is 5.52. The average molecular weight is 520 g/mol. The van der Waals surface area contributed by atoms with Crippen LogP contribution in [0.1, 0.15) is 18.9 Å². The lowest BCUT2D eigenvalue weighted by molar-refractivity contribution is -0.132. The maximum absolute atomic E-state index is 15.1. The van der Waals surface area contributed by atoms with Gasteiger partial charge in [-0.15, -0.1) is 12.4 Å². The summed E-state index contributed by atoms with van der Waals surface area (Å²) in [5.74, 6) is -0.0618. The summed E-state index contributed by atoms with van der Waals surface area (Å²) < 4.78 is 25.5. The molecule has 194 valence electrons. The van der Waals surface area contributed by atoms with Crippen LogP contribution in [0.3, 0.4) is 0 Å². The van der Waals surface area contributed by atoms with Gasteiger partial charge in [0.25, 0.3) is 0 Å². The van der Waals surface area contributed by atoms with E-state index in [9.17, 15) is 4.79 Å². The van der Waals surface area contributed by atoms with Crippen molar-refractivity contribution >= 4 is 41.0 Å². The van der Waals surface area contributed by atoms with Gasteiger partial charge in [-0.1, -0.05) is 0 Å². The molecule has 2 aromatic heterocycles. The molecule has 0 aliphatic carbocycles. The normalized spacial score (nSPS) is 16.4. The molecule has 1 amide bonds. The molecular formula is C24H31ClFN7O3. The number of aromatic nitrogens is 3. The first kappa shape index (κ1) is 27.2. The van der Waals surface area contributed by atoms with E-state index in [2.05, 4.69) is 15.0 Å². The highest BCUT2D eigenvalue weighted by atomic mass is 35.5. The summed E-state index contributed by atoms with van der Waals surface area (Å²) in [5, 5.41) is 0.341. The lowest BCUT2D eigenvalue weighted by Crippen LogP contribution is -2.55. The van der Waals surface area contributed by atoms with Crippen LogP contribution in [0.25, 0.3) is 10.9 Å². The summed E-state index contributed by atoms with van der Waals surface area (Å²) >= 11 is 0. The predicted molar refractivity (Wildman–Crippen MR) is 138 cm³/mol. The molecule has 10 nitrogen and oxygen atoms in total. The van der Waals surface area contributed by atoms with Crippen molar-refractivity contribution in [3.8, 4) is 11.5 Å². The summed E-state index contributed by atoms with van der Waals surface area (Å²) in [4.78, 5) is 29.5. The topological polar surface area (TPSA) is 133 Å². The van der Waals surface area contributed by atoms with Crippen LogP contribution in [-0.4, -0.2) is 71.7 Å². The fourth-order valence-electron chi connectivity index (χ4n) is 4.40. The number of ether oxygens (including phenoxy) is 2. The van der Waals surface area contributed by atoms with Crippen LogP contribution in [-0.2, 0) is 11.2 Å². The minimum absolute atomic E-state index is 0. The minimum atomic E-state index is -0.665. The van der Waals surface area contributed by atoms with E-state index >= 15 is 4.39 Å². The van der Waals surface area contributed by atoms with Crippen molar-refractivity contribution in [2.75, 3.05) is 44.5 Å². The van der Waals surface area contributed by atoms with Gasteiger partial charge in [-0.05, 0) is 37.1 Å². The number of benzene rings is 1. The SMILES string of the molecule is COc1cc2c(N)nc(N3CCN(C(=O)CC(N)Cc4ccncc4)CC3C)nc2c(F)c1OC.Cl. The molecule has 0 bridgehead atoms. The van der Waals surface area contributed by atoms with Crippen molar-refractivity contribution in [3.05, 3.63) is 42.0 Å². The summed E-state index contributed by atoms with van der Waals surface area (Å²) in [6.45, 7) is 3.38. The quantitative estimate of drug-likeness (QED) is 0.481. The number of methoxy groups -OCH3 is 2. The fourth-order valence-corrected chi connectivity index (χ4v) is 4.40. The molecule has 0 radical (unpaired) electrons. The van der Waals surface area contributed by atoms with E-state index in [4.69, 9.17) is 20.9 Å². The molecule has 4 rings (SSSR count). The molecular weight excluding hydrogens is 489 g/mol. The van der Waals surface area contributed by atoms with Crippen LogP contribution in [0.15, 0.2) is 30.6 Å². The molecule has 12 heteroatoms. The van der Waals surface area contributed by atoms with E-state index < -0.39 is 5.82 Å². The molecule has 1 aliphatic rings. The highest BCUT2D eigenvalue weighted by Gasteiger charge is 2.30. The molecule has 1 saturated heterocycles. The Labute approximate surface area is 215 Å². The molecule has 2 atom stereocenters. The number of amides is 1. The predicted octanol–water partition coefficient (Wildman–Crippen LogP) is 2.18. The van der Waals surface area contributed by atoms with Gasteiger partial charge in [0, 0.05) is 55.9 Å². The summed E-state index contributed by atoms with van der Waals surface area (Å²) in [7, 11) is 2.78. The first-order valence-electron chi connectivity index (χ1n) is 11.4. The van der Waals surface area contributed by atoms with Gasteiger partial charge < -0.3 is 30.7 Å². The highest BCUT2D eigenvalue weighted by molar-refractivity contribution is 5.92. The number of nitrogens with two attached hydrogens (primary N) is 2. The number of piperazine rings is 1. The second-order valence-corrected chi connectivity index (χ2v) is 8.64. The molecule has 1 fully saturated rings. The van der Waals surface area contributed by atoms with Gasteiger partial charge in [-0.25, -0.2) is 9.37 Å². The molecule has 36 heavy (non-hydrogen) atoms. The van der Waals surface area contributed by atoms with Gasteiger partial charge in [-0.3, -0.25) is 9.78 Å². The van der Waals surface area contributed by atoms with Crippen LogP contribution >= 0.6 is 12.4 Å². The van der Waals surface area contributed by atoms with E-state index in [0.717, 1.165) is 5.56 Å². The zero-order chi connectivity index (χ0) is 25.1. The Bertz CT molecular complexity index is 1220. The third-order valence-corrected chi connectivity index (χ3v) is 6.21. The van der Waals surface area contributed by atoms with Gasteiger partial charge in [0.15, 0.2) is 17.3 Å². The van der Waals surface area contributed by atoms with Crippen LogP contribution in [0.4, 0.5) is 16.2 Å². The number of carbonyl (C=O) groups is 1. The Hall–Kier alpha value is -3.44. The maximum atomic E-state index is 15.1. The van der Waals surface area contributed by atoms with E-state index in [1.165, 1.54) is 14.2 Å². The van der Waals surface area contributed by atoms with Gasteiger partial charge in [0.2, 0.25) is 11.9 Å². The number of rotatable bonds is 7. The lowest BCUT2D eigenvalue weighted by Gasteiger charge is -2.40. The number of carbonyl (C=O) groups excluding carboxylic acids is 1. The molecule has 3 heterocycles. The van der Waals surface area contributed by atoms with Gasteiger partial charge in [0.1, 0.15) is 11.3 Å². The molecule has 3 aromatic rings. The van der Waals surface area contributed by atoms with Gasteiger partial charge in [-0.2, -0.15) is 4.98 Å². The zero-order valence-electron chi connectivity index (χ0n) is 20.5. The van der Waals surface area contributed by atoms with Crippen molar-refractivity contribution in [3.63, 3.8) is 0 Å². The summed E-state index contributed by atoms with van der Waals surface area (Å²) in [5.41, 5.74) is 13.5. The molecule has 1 aromatic carbocycles. The number of nitrogens with zero attached hydrogens (tertiary/aromatic N) is 5. The van der Waals surface area contributed by atoms with Crippen molar-refractivity contribution in [2.24, 2.45) is 5.73 Å². The van der Waals surface area contributed by atoms with Crippen molar-refractivity contribution < 1.29 is 18.7 Å². The van der Waals surface area contributed by atoms with E-state index in [-0.39, 0.29) is 59.7 Å². The molecule has 4 N–H and O–H groups in total. The highest BCUT2D eigenvalue weighted by Crippen LogP contribution is 2.37. The number of hydrogen-bond donors (Lipinski definition) is 2. The molecule has 1 aliphatic heterocycles. The second kappa shape index (κ2) is 11.5. The Morgan fingerprint density at radius 2 is 1.94 bits per heavy atom. The maximum Gasteiger partial charge on any atom is 0.228 e. The largest absolute Gasteiger partial charge is 0.493 e. The van der Waals surface area contributed by atoms with Crippen LogP contribution in [0.5, 0.6) is 11.5 Å². The standard InChI is InChI=1S/C24H30FN7O3.ClH/c1-14-13-31(19(33)11-16(26)10-15-4-6-28-7-5-15)8-9-32(14)24-29-21-17(23(27)30-24)12-18(34-2)22(35-3)20(21)25;/h4-7,12,14,16H,8-11,13,26H2,1-3H3,(H2,27,29,30);1H. The number of fused-ring (bicyclic) bond motifs is 1. The van der Waals surface area contributed by atoms with Gasteiger partial charge in [0.05, 0.1) is 14.2 Å². The Morgan fingerprint density at radius 1 is 1.22 bits per heavy atom. The fraction of sp³-hybridized carbons (Fsp3) is 0.417. The van der Waals surface area contributed by atoms with E-state index in [1.54, 1.807) is 23.4 Å². The Kier molecular flexibility index (Phi) is 8.70. The van der Waals surface area contributed by atoms with E-state index in [0.29, 0.717) is 37.4 Å². The molecule has 0 spiro atoms. The minimum Gasteiger partial charge on any atom is -0.493 e. The monoisotopic (exact) mass is 519 g/mol. The lowest BCUT2D eigenvalue weighted by atomic mass is 10.0. The van der Waals surface area contributed by atoms with Gasteiger partial charge >= 0.3 is 0 Å². The van der Waals surface area contributed by atoms with Crippen molar-refractivity contribution in [1.82, 2.24) is 19.9 Å². The van der Waals surface area contributed by atoms with Crippen molar-refractivity contribution in [1.29, 1.82) is 0 Å². The molecule has 0 saturated carbocycles. The van der Waals surface area contributed by atoms with Crippen LogP contribution < -0.4 is 25.8 Å².